The van der Waals surface area contributed by atoms with E-state index in [1.165, 1.54) is 18.1 Å². The van der Waals surface area contributed by atoms with Gasteiger partial charge < -0.3 is 29.1 Å². The van der Waals surface area contributed by atoms with Crippen LogP contribution in [0.25, 0.3) is 0 Å². The number of hydrogen-bond donors (Lipinski definition) is 2. The number of aryl methyl sites for hydroxylation is 1. The fourth-order valence-electron chi connectivity index (χ4n) is 8.44. The zero-order valence-electron chi connectivity index (χ0n) is 33.1. The molecular weight excluding hydrogens is 796 g/mol. The molecule has 2 saturated heterocycles. The van der Waals surface area contributed by atoms with Crippen LogP contribution in [0.4, 0.5) is 14.5 Å². The standard InChI is InChI=1S/C41H54ClF2N5O8S/c1-46-15-5-4-8-36(56-18-17-47-26-40(43,44)27-47)34-13-10-29(34)22-48-16-6-3-7-28-19-32(42)12-9-30(28)25-57-37-14-11-31(20-35(37)48)41(52,21-38(46)50)39(51)45-58(53,54)49-23-33(24-49)55-2/h4,8-9,11-12,14,19-20,29,33-34,36,52H,3,5-7,10,13,15-18,21-27H2,1-2H3,(H,45,51)/b8-4+/t29-,34+,36-,41+/m0/s1. The summed E-state index contributed by atoms with van der Waals surface area (Å²) < 4.78 is 75.0. The van der Waals surface area contributed by atoms with E-state index in [0.717, 1.165) is 47.5 Å². The van der Waals surface area contributed by atoms with Crippen molar-refractivity contribution in [2.45, 2.75) is 75.3 Å². The highest BCUT2D eigenvalue weighted by atomic mass is 35.5. The molecule has 3 fully saturated rings. The van der Waals surface area contributed by atoms with Gasteiger partial charge in [-0.2, -0.15) is 12.7 Å². The predicted molar refractivity (Wildman–Crippen MR) is 214 cm³/mol. The number of likely N-dealkylation sites (tertiary alicyclic amines) is 1. The van der Waals surface area contributed by atoms with Crippen LogP contribution in [0.1, 0.15) is 55.2 Å². The van der Waals surface area contributed by atoms with Crippen LogP contribution in [0.3, 0.4) is 0 Å². The summed E-state index contributed by atoms with van der Waals surface area (Å²) in [4.78, 5) is 33.3. The number of methoxy groups -OCH3 is 1. The minimum absolute atomic E-state index is 0.0403. The van der Waals surface area contributed by atoms with Crippen molar-refractivity contribution in [2.75, 3.05) is 78.0 Å². The number of amides is 2. The number of carbonyl (C=O) groups excluding carboxylic acids is 2. The maximum Gasteiger partial charge on any atom is 0.304 e. The van der Waals surface area contributed by atoms with Gasteiger partial charge in [-0.15, -0.1) is 0 Å². The molecule has 7 rings (SSSR count). The smallest absolute Gasteiger partial charge is 0.304 e. The minimum Gasteiger partial charge on any atom is -0.487 e. The Bertz CT molecular complexity index is 1960. The summed E-state index contributed by atoms with van der Waals surface area (Å²) in [5.41, 5.74) is 0.133. The van der Waals surface area contributed by atoms with E-state index in [4.69, 9.17) is 25.8 Å². The van der Waals surface area contributed by atoms with Gasteiger partial charge >= 0.3 is 10.2 Å². The van der Waals surface area contributed by atoms with E-state index in [1.54, 1.807) is 24.1 Å². The number of fused-ring (bicyclic) bond motifs is 3. The van der Waals surface area contributed by atoms with E-state index in [9.17, 15) is 31.9 Å². The average Bonchev–Trinajstić information content (AvgIpc) is 3.16. The van der Waals surface area contributed by atoms with Crippen molar-refractivity contribution in [3.8, 4) is 5.75 Å². The Labute approximate surface area is 344 Å². The SMILES string of the molecule is COC1CN(S(=O)(=O)NC(=O)[C@@]2(O)CC(=O)N(C)CC/C=C/[C@H](OCCN3CC(F)(F)C3)[C@@H]3CC[C@H]3CN3CCCCc4cc(Cl)ccc4COc4ccc2cc43)C1. The molecule has 0 radical (unpaired) electrons. The van der Waals surface area contributed by atoms with Gasteiger partial charge in [0.2, 0.25) is 5.91 Å². The number of nitrogens with one attached hydrogen (secondary N) is 1. The lowest BCUT2D eigenvalue weighted by Crippen LogP contribution is -2.60. The first-order valence-electron chi connectivity index (χ1n) is 20.1. The number of halogens is 3. The quantitative estimate of drug-likeness (QED) is 0.373. The molecule has 4 aliphatic heterocycles. The molecule has 0 unspecified atom stereocenters. The first-order valence-corrected chi connectivity index (χ1v) is 22.0. The number of anilines is 1. The lowest BCUT2D eigenvalue weighted by Gasteiger charge is -2.44. The van der Waals surface area contributed by atoms with E-state index in [2.05, 4.69) is 9.62 Å². The first-order chi connectivity index (χ1) is 27.6. The highest BCUT2D eigenvalue weighted by Gasteiger charge is 2.47. The molecule has 0 spiro atoms. The van der Waals surface area contributed by atoms with Crippen LogP contribution in [0.2, 0.25) is 5.02 Å². The number of rotatable bonds is 8. The van der Waals surface area contributed by atoms with Gasteiger partial charge in [0.05, 0.1) is 44.0 Å². The minimum atomic E-state index is -4.37. The van der Waals surface area contributed by atoms with Gasteiger partial charge in [-0.3, -0.25) is 14.5 Å². The molecule has 2 aromatic carbocycles. The van der Waals surface area contributed by atoms with Gasteiger partial charge in [-0.1, -0.05) is 35.9 Å². The second-order valence-electron chi connectivity index (χ2n) is 16.4. The third-order valence-electron chi connectivity index (χ3n) is 12.3. The van der Waals surface area contributed by atoms with Gasteiger partial charge in [0.25, 0.3) is 11.8 Å². The van der Waals surface area contributed by atoms with E-state index < -0.39 is 40.0 Å². The van der Waals surface area contributed by atoms with E-state index in [0.29, 0.717) is 49.1 Å². The molecule has 1 aliphatic carbocycles. The fraction of sp³-hybridized carbons (Fsp3) is 0.610. The average molecular weight is 850 g/mol. The van der Waals surface area contributed by atoms with Crippen molar-refractivity contribution in [2.24, 2.45) is 11.8 Å². The highest BCUT2D eigenvalue weighted by molar-refractivity contribution is 7.87. The molecule has 5 aliphatic rings. The molecule has 17 heteroatoms. The molecule has 0 aromatic heterocycles. The van der Waals surface area contributed by atoms with Gasteiger partial charge in [0.1, 0.15) is 12.4 Å². The van der Waals surface area contributed by atoms with Crippen molar-refractivity contribution in [1.29, 1.82) is 0 Å². The summed E-state index contributed by atoms with van der Waals surface area (Å²) in [6.07, 6.45) is 7.36. The molecule has 318 valence electrons. The first kappa shape index (κ1) is 42.7. The summed E-state index contributed by atoms with van der Waals surface area (Å²) in [5, 5.41) is 13.1. The van der Waals surface area contributed by atoms with Crippen LogP contribution in [-0.4, -0.2) is 131 Å². The molecule has 4 atom stereocenters. The Hall–Kier alpha value is -3.38. The monoisotopic (exact) mass is 849 g/mol. The largest absolute Gasteiger partial charge is 0.487 e. The Kier molecular flexibility index (Phi) is 13.0. The maximum atomic E-state index is 14.1. The normalized spacial score (nSPS) is 28.0. The predicted octanol–water partition coefficient (Wildman–Crippen LogP) is 4.11. The number of benzene rings is 2. The van der Waals surface area contributed by atoms with Gasteiger partial charge in [-0.05, 0) is 91.3 Å². The summed E-state index contributed by atoms with van der Waals surface area (Å²) in [6.45, 7) is 1.93. The number of ether oxygens (including phenoxy) is 3. The number of hydrogen-bond acceptors (Lipinski definition) is 10. The van der Waals surface area contributed by atoms with Gasteiger partial charge in [-0.25, -0.2) is 13.5 Å². The summed E-state index contributed by atoms with van der Waals surface area (Å²) >= 11 is 6.39. The topological polar surface area (TPSA) is 141 Å². The summed E-state index contributed by atoms with van der Waals surface area (Å²) in [6, 6.07) is 10.6. The highest BCUT2D eigenvalue weighted by Crippen LogP contribution is 2.43. The van der Waals surface area contributed by atoms with Crippen molar-refractivity contribution in [3.63, 3.8) is 0 Å². The van der Waals surface area contributed by atoms with E-state index >= 15 is 0 Å². The van der Waals surface area contributed by atoms with E-state index in [1.807, 2.05) is 30.4 Å². The second kappa shape index (κ2) is 17.7. The Morgan fingerprint density at radius 3 is 2.59 bits per heavy atom. The van der Waals surface area contributed by atoms with Crippen LogP contribution in [-0.2, 0) is 47.9 Å². The molecule has 58 heavy (non-hydrogen) atoms. The number of alkyl halides is 2. The van der Waals surface area contributed by atoms with E-state index in [-0.39, 0.29) is 68.9 Å². The zero-order chi connectivity index (χ0) is 41.2. The van der Waals surface area contributed by atoms with Crippen LogP contribution in [0, 0.1) is 11.8 Å². The maximum absolute atomic E-state index is 14.1. The molecule has 2 aromatic rings. The lowest BCUT2D eigenvalue weighted by molar-refractivity contribution is -0.148. The van der Waals surface area contributed by atoms with Crippen molar-refractivity contribution in [3.05, 3.63) is 70.3 Å². The number of aliphatic hydroxyl groups is 1. The van der Waals surface area contributed by atoms with Gasteiger partial charge in [0.15, 0.2) is 5.60 Å². The van der Waals surface area contributed by atoms with Crippen LogP contribution < -0.4 is 14.4 Å². The molecular formula is C41H54ClF2N5O8S. The summed E-state index contributed by atoms with van der Waals surface area (Å²) in [5.74, 6) is -3.66. The Morgan fingerprint density at radius 1 is 1.07 bits per heavy atom. The van der Waals surface area contributed by atoms with Crippen molar-refractivity contribution in [1.82, 2.24) is 18.8 Å². The van der Waals surface area contributed by atoms with Crippen molar-refractivity contribution >= 4 is 39.3 Å². The third kappa shape index (κ3) is 9.64. The number of carbonyl (C=O) groups is 2. The lowest BCUT2D eigenvalue weighted by atomic mass is 9.70. The van der Waals surface area contributed by atoms with Gasteiger partial charge in [0, 0.05) is 58.4 Å². The molecule has 4 heterocycles. The second-order valence-corrected chi connectivity index (χ2v) is 18.5. The van der Waals surface area contributed by atoms with Crippen LogP contribution in [0.5, 0.6) is 5.75 Å². The molecule has 1 saturated carbocycles. The van der Waals surface area contributed by atoms with Crippen molar-refractivity contribution < 1.29 is 46.1 Å². The molecule has 2 amide bonds. The Morgan fingerprint density at radius 2 is 1.86 bits per heavy atom. The molecule has 2 bridgehead atoms. The Balaban J connectivity index is 1.23. The molecule has 13 nitrogen and oxygen atoms in total. The fourth-order valence-corrected chi connectivity index (χ4v) is 9.89. The number of nitrogens with zero attached hydrogens (tertiary/aromatic N) is 4. The molecule has 2 N–H and O–H groups in total. The van der Waals surface area contributed by atoms with Crippen LogP contribution in [0.15, 0.2) is 48.6 Å². The third-order valence-corrected chi connectivity index (χ3v) is 14.0. The zero-order valence-corrected chi connectivity index (χ0v) is 34.7. The summed E-state index contributed by atoms with van der Waals surface area (Å²) in [7, 11) is -1.34. The van der Waals surface area contributed by atoms with Crippen LogP contribution >= 0.6 is 11.6 Å².